The Morgan fingerprint density at radius 1 is 1.23 bits per heavy atom. The van der Waals surface area contributed by atoms with Gasteiger partial charge in [-0.3, -0.25) is 4.79 Å². The van der Waals surface area contributed by atoms with Gasteiger partial charge in [0.1, 0.15) is 0 Å². The SMILES string of the molecule is O=C1C=CNC(C2CCCCC2)C1. The average Bonchev–Trinajstić information content (AvgIpc) is 2.19. The van der Waals surface area contributed by atoms with Gasteiger partial charge in [0, 0.05) is 18.7 Å². The van der Waals surface area contributed by atoms with Gasteiger partial charge in [0.05, 0.1) is 0 Å². The molecule has 1 aliphatic heterocycles. The predicted octanol–water partition coefficient (Wildman–Crippen LogP) is 2.01. The molecular weight excluding hydrogens is 162 g/mol. The first-order valence-electron chi connectivity index (χ1n) is 5.32. The number of ketones is 1. The predicted molar refractivity (Wildman–Crippen MR) is 52.3 cm³/mol. The summed E-state index contributed by atoms with van der Waals surface area (Å²) in [6, 6.07) is 0.429. The third-order valence-corrected chi connectivity index (χ3v) is 3.22. The van der Waals surface area contributed by atoms with Crippen LogP contribution in [0.2, 0.25) is 0 Å². The molecule has 2 rings (SSSR count). The first kappa shape index (κ1) is 8.79. The molecular formula is C11H17NO. The first-order valence-corrected chi connectivity index (χ1v) is 5.32. The van der Waals surface area contributed by atoms with Gasteiger partial charge < -0.3 is 5.32 Å². The van der Waals surface area contributed by atoms with Crippen molar-refractivity contribution >= 4 is 5.78 Å². The van der Waals surface area contributed by atoms with Gasteiger partial charge >= 0.3 is 0 Å². The van der Waals surface area contributed by atoms with E-state index in [2.05, 4.69) is 5.32 Å². The highest BCUT2D eigenvalue weighted by Gasteiger charge is 2.25. The lowest BCUT2D eigenvalue weighted by Crippen LogP contribution is -2.38. The molecule has 1 saturated carbocycles. The van der Waals surface area contributed by atoms with E-state index >= 15 is 0 Å². The maximum absolute atomic E-state index is 11.2. The summed E-state index contributed by atoms with van der Waals surface area (Å²) in [7, 11) is 0. The van der Waals surface area contributed by atoms with E-state index in [0.717, 1.165) is 5.92 Å². The van der Waals surface area contributed by atoms with Gasteiger partial charge in [-0.05, 0) is 24.8 Å². The molecule has 13 heavy (non-hydrogen) atoms. The summed E-state index contributed by atoms with van der Waals surface area (Å²) in [6.45, 7) is 0. The van der Waals surface area contributed by atoms with Crippen LogP contribution in [0.25, 0.3) is 0 Å². The Kier molecular flexibility index (Phi) is 2.67. The Morgan fingerprint density at radius 2 is 2.00 bits per heavy atom. The van der Waals surface area contributed by atoms with Crippen molar-refractivity contribution in [3.05, 3.63) is 12.3 Å². The van der Waals surface area contributed by atoms with Crippen LogP contribution in [-0.4, -0.2) is 11.8 Å². The molecule has 1 atom stereocenters. The summed E-state index contributed by atoms with van der Waals surface area (Å²) >= 11 is 0. The summed E-state index contributed by atoms with van der Waals surface area (Å²) in [5, 5.41) is 3.32. The molecule has 0 radical (unpaired) electrons. The zero-order valence-electron chi connectivity index (χ0n) is 7.96. The second kappa shape index (κ2) is 3.95. The van der Waals surface area contributed by atoms with Crippen molar-refractivity contribution in [1.29, 1.82) is 0 Å². The lowest BCUT2D eigenvalue weighted by Gasteiger charge is -2.31. The van der Waals surface area contributed by atoms with Crippen molar-refractivity contribution in [3.63, 3.8) is 0 Å². The molecule has 0 aromatic rings. The largest absolute Gasteiger partial charge is 0.387 e. The van der Waals surface area contributed by atoms with Crippen LogP contribution in [0.3, 0.4) is 0 Å². The van der Waals surface area contributed by atoms with E-state index in [1.807, 2.05) is 6.20 Å². The molecule has 0 saturated heterocycles. The highest BCUT2D eigenvalue weighted by Crippen LogP contribution is 2.28. The number of nitrogens with one attached hydrogen (secondary N) is 1. The van der Waals surface area contributed by atoms with Crippen molar-refractivity contribution in [2.75, 3.05) is 0 Å². The van der Waals surface area contributed by atoms with Gasteiger partial charge in [-0.2, -0.15) is 0 Å². The van der Waals surface area contributed by atoms with Gasteiger partial charge in [0.2, 0.25) is 0 Å². The molecule has 0 aromatic carbocycles. The van der Waals surface area contributed by atoms with Crippen molar-refractivity contribution in [2.24, 2.45) is 5.92 Å². The monoisotopic (exact) mass is 179 g/mol. The fourth-order valence-electron chi connectivity index (χ4n) is 2.45. The average molecular weight is 179 g/mol. The number of rotatable bonds is 1. The Labute approximate surface area is 79.4 Å². The van der Waals surface area contributed by atoms with Gasteiger partial charge in [0.25, 0.3) is 0 Å². The summed E-state index contributed by atoms with van der Waals surface area (Å²) < 4.78 is 0. The fraction of sp³-hybridized carbons (Fsp3) is 0.727. The highest BCUT2D eigenvalue weighted by molar-refractivity contribution is 5.90. The molecule has 1 N–H and O–H groups in total. The van der Waals surface area contributed by atoms with Crippen LogP contribution in [0.1, 0.15) is 38.5 Å². The van der Waals surface area contributed by atoms with Gasteiger partial charge in [-0.25, -0.2) is 0 Å². The molecule has 72 valence electrons. The van der Waals surface area contributed by atoms with Crippen LogP contribution >= 0.6 is 0 Å². The van der Waals surface area contributed by atoms with E-state index in [9.17, 15) is 4.79 Å². The molecule has 2 nitrogen and oxygen atoms in total. The zero-order valence-corrected chi connectivity index (χ0v) is 7.96. The second-order valence-corrected chi connectivity index (χ2v) is 4.18. The number of carbonyl (C=O) groups excluding carboxylic acids is 1. The summed E-state index contributed by atoms with van der Waals surface area (Å²) in [5.74, 6) is 1.02. The molecule has 0 spiro atoms. The fourth-order valence-corrected chi connectivity index (χ4v) is 2.45. The minimum absolute atomic E-state index is 0.286. The van der Waals surface area contributed by atoms with Crippen LogP contribution in [0.4, 0.5) is 0 Å². The first-order chi connectivity index (χ1) is 6.36. The molecule has 1 fully saturated rings. The molecule has 2 heteroatoms. The zero-order chi connectivity index (χ0) is 9.10. The van der Waals surface area contributed by atoms with Crippen LogP contribution in [-0.2, 0) is 4.79 Å². The van der Waals surface area contributed by atoms with E-state index in [1.165, 1.54) is 32.1 Å². The molecule has 1 heterocycles. The van der Waals surface area contributed by atoms with E-state index in [1.54, 1.807) is 6.08 Å². The third-order valence-electron chi connectivity index (χ3n) is 3.22. The van der Waals surface area contributed by atoms with Crippen LogP contribution in [0.5, 0.6) is 0 Å². The molecule has 0 amide bonds. The minimum atomic E-state index is 0.286. The van der Waals surface area contributed by atoms with E-state index in [0.29, 0.717) is 12.5 Å². The smallest absolute Gasteiger partial charge is 0.159 e. The summed E-state index contributed by atoms with van der Waals surface area (Å²) in [6.07, 6.45) is 10.9. The van der Waals surface area contributed by atoms with E-state index < -0.39 is 0 Å². The number of carbonyl (C=O) groups is 1. The Balaban J connectivity index is 1.92. The van der Waals surface area contributed by atoms with Crippen LogP contribution < -0.4 is 5.32 Å². The summed E-state index contributed by atoms with van der Waals surface area (Å²) in [4.78, 5) is 11.2. The van der Waals surface area contributed by atoms with Crippen molar-refractivity contribution in [3.8, 4) is 0 Å². The maximum atomic E-state index is 11.2. The summed E-state index contributed by atoms with van der Waals surface area (Å²) in [5.41, 5.74) is 0. The van der Waals surface area contributed by atoms with Crippen molar-refractivity contribution < 1.29 is 4.79 Å². The Bertz CT molecular complexity index is 216. The standard InChI is InChI=1S/C11H17NO/c13-10-6-7-12-11(8-10)9-4-2-1-3-5-9/h6-7,9,11-12H,1-5,8H2. The van der Waals surface area contributed by atoms with Gasteiger partial charge in [0.15, 0.2) is 5.78 Å². The maximum Gasteiger partial charge on any atom is 0.159 e. The lowest BCUT2D eigenvalue weighted by molar-refractivity contribution is -0.115. The van der Waals surface area contributed by atoms with Crippen LogP contribution in [0.15, 0.2) is 12.3 Å². The molecule has 2 aliphatic rings. The highest BCUT2D eigenvalue weighted by atomic mass is 16.1. The molecule has 1 aliphatic carbocycles. The normalized spacial score (nSPS) is 30.2. The number of hydrogen-bond acceptors (Lipinski definition) is 2. The number of hydrogen-bond donors (Lipinski definition) is 1. The number of allylic oxidation sites excluding steroid dienone is 1. The molecule has 1 unspecified atom stereocenters. The topological polar surface area (TPSA) is 29.1 Å². The second-order valence-electron chi connectivity index (χ2n) is 4.18. The van der Waals surface area contributed by atoms with Gasteiger partial charge in [-0.15, -0.1) is 0 Å². The van der Waals surface area contributed by atoms with Crippen LogP contribution in [0, 0.1) is 5.92 Å². The van der Waals surface area contributed by atoms with E-state index in [-0.39, 0.29) is 5.78 Å². The van der Waals surface area contributed by atoms with Crippen molar-refractivity contribution in [2.45, 2.75) is 44.6 Å². The molecule has 0 aromatic heterocycles. The third kappa shape index (κ3) is 2.11. The van der Waals surface area contributed by atoms with Gasteiger partial charge in [-0.1, -0.05) is 19.3 Å². The Hall–Kier alpha value is -0.790. The molecule has 0 bridgehead atoms. The lowest BCUT2D eigenvalue weighted by atomic mass is 9.81. The quantitative estimate of drug-likeness (QED) is 0.667. The van der Waals surface area contributed by atoms with Crippen molar-refractivity contribution in [1.82, 2.24) is 5.32 Å². The minimum Gasteiger partial charge on any atom is -0.387 e. The Morgan fingerprint density at radius 3 is 2.69 bits per heavy atom. The van der Waals surface area contributed by atoms with E-state index in [4.69, 9.17) is 0 Å².